The Bertz CT molecular complexity index is 602. The van der Waals surface area contributed by atoms with Gasteiger partial charge in [-0.15, -0.1) is 0 Å². The largest absolute Gasteiger partial charge is 0.481 e. The molecule has 1 rings (SSSR count). The Hall–Kier alpha value is -0.680. The molecular weight excluding hydrogens is 578 g/mol. The van der Waals surface area contributed by atoms with Crippen LogP contribution in [-0.4, -0.2) is 140 Å². The number of unbranched alkanes of at least 4 members (excludes halogenated alkanes) is 1. The number of aliphatic carboxylic acids is 1. The van der Waals surface area contributed by atoms with Gasteiger partial charge in [0.2, 0.25) is 5.91 Å². The number of carboxylic acid groups (broad SMARTS) is 1. The fourth-order valence-electron chi connectivity index (χ4n) is 3.37. The first kappa shape index (κ1) is 38.3. The van der Waals surface area contributed by atoms with Gasteiger partial charge in [-0.3, -0.25) is 9.59 Å². The van der Waals surface area contributed by atoms with E-state index in [0.29, 0.717) is 112 Å². The summed E-state index contributed by atoms with van der Waals surface area (Å²) in [6.07, 6.45) is 5.20. The highest BCUT2D eigenvalue weighted by Gasteiger charge is 2.15. The van der Waals surface area contributed by atoms with Crippen molar-refractivity contribution in [1.82, 2.24) is 5.32 Å². The lowest BCUT2D eigenvalue weighted by atomic mass is 10.1. The van der Waals surface area contributed by atoms with Crippen molar-refractivity contribution < 1.29 is 52.6 Å². The van der Waals surface area contributed by atoms with E-state index in [2.05, 4.69) is 5.32 Å². The Kier molecular flexibility index (Phi) is 28.8. The lowest BCUT2D eigenvalue weighted by Crippen LogP contribution is -2.27. The quantitative estimate of drug-likeness (QED) is 0.0832. The van der Waals surface area contributed by atoms with Gasteiger partial charge in [-0.25, -0.2) is 0 Å². The molecule has 1 aliphatic heterocycles. The first-order valence-electron chi connectivity index (χ1n) is 14.6. The van der Waals surface area contributed by atoms with E-state index in [9.17, 15) is 9.59 Å². The summed E-state index contributed by atoms with van der Waals surface area (Å²) in [7, 11) is 3.96. The van der Waals surface area contributed by atoms with E-state index in [-0.39, 0.29) is 18.9 Å². The predicted octanol–water partition coefficient (Wildman–Crippen LogP) is 2.42. The summed E-state index contributed by atoms with van der Waals surface area (Å²) in [6, 6.07) is 0. The SMILES string of the molecule is O=C(O)CCOCCOCCOCCOCCOCCOCCOCCOCCNC(=O)CCCC[C@H]1CCSS1. The molecule has 0 bridgehead atoms. The van der Waals surface area contributed by atoms with Gasteiger partial charge in [-0.1, -0.05) is 28.0 Å². The van der Waals surface area contributed by atoms with E-state index in [4.69, 9.17) is 43.0 Å². The molecule has 2 N–H and O–H groups in total. The van der Waals surface area contributed by atoms with Crippen LogP contribution in [0.2, 0.25) is 0 Å². The van der Waals surface area contributed by atoms with Gasteiger partial charge in [-0.05, 0) is 19.3 Å². The fraction of sp³-hybridized carbons (Fsp3) is 0.926. The molecule has 0 radical (unpaired) electrons. The van der Waals surface area contributed by atoms with Crippen molar-refractivity contribution in [3.05, 3.63) is 0 Å². The maximum Gasteiger partial charge on any atom is 0.305 e. The van der Waals surface area contributed by atoms with Crippen LogP contribution in [-0.2, 0) is 47.5 Å². The topological polar surface area (TPSA) is 140 Å². The number of hydrogen-bond donors (Lipinski definition) is 2. The number of carboxylic acids is 1. The number of carbonyl (C=O) groups is 2. The molecule has 1 amide bonds. The highest BCUT2D eigenvalue weighted by Crippen LogP contribution is 2.39. The molecule has 1 saturated heterocycles. The molecule has 0 aromatic rings. The first-order valence-corrected chi connectivity index (χ1v) is 17.0. The maximum absolute atomic E-state index is 11.8. The van der Waals surface area contributed by atoms with Crippen LogP contribution in [0.15, 0.2) is 0 Å². The van der Waals surface area contributed by atoms with Gasteiger partial charge in [0.25, 0.3) is 0 Å². The highest BCUT2D eigenvalue weighted by molar-refractivity contribution is 8.77. The van der Waals surface area contributed by atoms with Gasteiger partial charge in [-0.2, -0.15) is 0 Å². The van der Waals surface area contributed by atoms with Gasteiger partial charge in [0.15, 0.2) is 0 Å². The third-order valence-electron chi connectivity index (χ3n) is 5.54. The normalized spacial score (nSPS) is 15.0. The van der Waals surface area contributed by atoms with Crippen LogP contribution in [0.25, 0.3) is 0 Å². The van der Waals surface area contributed by atoms with Crippen LogP contribution in [0, 0.1) is 0 Å². The van der Waals surface area contributed by atoms with Gasteiger partial charge in [0.1, 0.15) is 0 Å². The summed E-state index contributed by atoms with van der Waals surface area (Å²) < 4.78 is 43.1. The molecule has 1 atom stereocenters. The fourth-order valence-corrected chi connectivity index (χ4v) is 6.40. The van der Waals surface area contributed by atoms with Crippen molar-refractivity contribution in [2.24, 2.45) is 0 Å². The first-order chi connectivity index (χ1) is 20.2. The van der Waals surface area contributed by atoms with Crippen LogP contribution in [0.4, 0.5) is 0 Å². The van der Waals surface area contributed by atoms with Crippen molar-refractivity contribution in [2.75, 3.05) is 118 Å². The molecule has 1 aliphatic rings. The molecule has 1 fully saturated rings. The molecule has 12 nitrogen and oxygen atoms in total. The number of rotatable bonds is 32. The molecule has 14 heteroatoms. The summed E-state index contributed by atoms with van der Waals surface area (Å²) in [5, 5.41) is 12.2. The molecule has 41 heavy (non-hydrogen) atoms. The summed E-state index contributed by atoms with van der Waals surface area (Å²) in [6.45, 7) is 7.77. The molecular formula is C27H51NO11S2. The molecule has 0 aromatic heterocycles. The van der Waals surface area contributed by atoms with E-state index in [1.807, 2.05) is 21.6 Å². The van der Waals surface area contributed by atoms with Crippen molar-refractivity contribution in [3.8, 4) is 0 Å². The predicted molar refractivity (Wildman–Crippen MR) is 159 cm³/mol. The molecule has 0 spiro atoms. The number of amides is 1. The summed E-state index contributed by atoms with van der Waals surface area (Å²) in [5.41, 5.74) is 0. The van der Waals surface area contributed by atoms with E-state index in [1.165, 1.54) is 18.6 Å². The zero-order valence-electron chi connectivity index (χ0n) is 24.4. The average molecular weight is 630 g/mol. The lowest BCUT2D eigenvalue weighted by molar-refractivity contribution is -0.138. The maximum atomic E-state index is 11.8. The highest BCUT2D eigenvalue weighted by atomic mass is 33.1. The summed E-state index contributed by atoms with van der Waals surface area (Å²) >= 11 is 0. The molecule has 0 unspecified atom stereocenters. The number of hydrogen-bond acceptors (Lipinski definition) is 12. The van der Waals surface area contributed by atoms with Crippen LogP contribution in [0.3, 0.4) is 0 Å². The second-order valence-electron chi connectivity index (χ2n) is 8.97. The van der Waals surface area contributed by atoms with E-state index in [0.717, 1.165) is 18.1 Å². The van der Waals surface area contributed by atoms with Crippen molar-refractivity contribution in [1.29, 1.82) is 0 Å². The van der Waals surface area contributed by atoms with E-state index in [1.54, 1.807) is 0 Å². The summed E-state index contributed by atoms with van der Waals surface area (Å²) in [5.74, 6) is 0.495. The minimum Gasteiger partial charge on any atom is -0.481 e. The third kappa shape index (κ3) is 29.2. The van der Waals surface area contributed by atoms with Crippen molar-refractivity contribution in [3.63, 3.8) is 0 Å². The van der Waals surface area contributed by atoms with Crippen LogP contribution >= 0.6 is 21.6 Å². The lowest BCUT2D eigenvalue weighted by Gasteiger charge is -2.09. The minimum atomic E-state index is -0.873. The Morgan fingerprint density at radius 2 is 1.05 bits per heavy atom. The Morgan fingerprint density at radius 1 is 0.610 bits per heavy atom. The number of ether oxygens (including phenoxy) is 8. The van der Waals surface area contributed by atoms with Gasteiger partial charge >= 0.3 is 5.97 Å². The Balaban J connectivity index is 1.64. The second kappa shape index (κ2) is 30.8. The van der Waals surface area contributed by atoms with Crippen LogP contribution in [0.5, 0.6) is 0 Å². The standard InChI is InChI=1S/C27H51NO11S2/c29-26(4-2-1-3-25-6-24-40-41-25)28-7-9-33-11-13-35-15-17-37-19-21-39-23-22-38-20-18-36-16-14-34-12-10-32-8-5-27(30)31/h25H,1-24H2,(H,28,29)(H,30,31)/t25-/m0/s1. The van der Waals surface area contributed by atoms with Gasteiger partial charge in [0, 0.05) is 24.0 Å². The monoisotopic (exact) mass is 629 g/mol. The summed E-state index contributed by atoms with van der Waals surface area (Å²) in [4.78, 5) is 22.2. The van der Waals surface area contributed by atoms with Crippen molar-refractivity contribution in [2.45, 2.75) is 43.8 Å². The number of carbonyl (C=O) groups excluding carboxylic acids is 1. The molecule has 1 heterocycles. The number of nitrogens with one attached hydrogen (secondary N) is 1. The molecule has 0 saturated carbocycles. The molecule has 0 aromatic carbocycles. The zero-order chi connectivity index (χ0) is 29.5. The second-order valence-corrected chi connectivity index (χ2v) is 11.8. The molecule has 0 aliphatic carbocycles. The van der Waals surface area contributed by atoms with Crippen molar-refractivity contribution >= 4 is 33.5 Å². The van der Waals surface area contributed by atoms with Crippen LogP contribution in [0.1, 0.15) is 38.5 Å². The smallest absolute Gasteiger partial charge is 0.305 e. The Labute approximate surface area is 252 Å². The third-order valence-corrected chi connectivity index (χ3v) is 8.55. The average Bonchev–Trinajstić information content (AvgIpc) is 3.48. The van der Waals surface area contributed by atoms with Gasteiger partial charge in [0.05, 0.1) is 112 Å². The van der Waals surface area contributed by atoms with E-state index >= 15 is 0 Å². The minimum absolute atomic E-state index is 0.000736. The van der Waals surface area contributed by atoms with Crippen LogP contribution < -0.4 is 5.32 Å². The Morgan fingerprint density at radius 3 is 1.46 bits per heavy atom. The molecule has 242 valence electrons. The van der Waals surface area contributed by atoms with Gasteiger partial charge < -0.3 is 48.3 Å². The zero-order valence-corrected chi connectivity index (χ0v) is 26.0. The van der Waals surface area contributed by atoms with E-state index < -0.39 is 5.97 Å².